The molecule has 0 aliphatic heterocycles. The number of hydrogen-bond donors (Lipinski definition) is 2. The monoisotopic (exact) mass is 368 g/mol. The standard InChI is InChI=1S/C18H16N4O5/c1-26-13-4-2-11(3-5-13)17-22-12(10-27-17)6-7-19-16(23)14-8-21-15(9-20-14)18(24)25/h2-5,8-10H,6-7H2,1H3,(H,19,23)(H,24,25). The van der Waals surface area contributed by atoms with E-state index in [1.54, 1.807) is 7.11 Å². The quantitative estimate of drug-likeness (QED) is 0.646. The fraction of sp³-hybridized carbons (Fsp3) is 0.167. The molecule has 0 aliphatic carbocycles. The van der Waals surface area contributed by atoms with Crippen molar-refractivity contribution in [3.63, 3.8) is 0 Å². The molecule has 1 amide bonds. The lowest BCUT2D eigenvalue weighted by molar-refractivity contribution is 0.0689. The second-order valence-electron chi connectivity index (χ2n) is 5.47. The van der Waals surface area contributed by atoms with Crippen LogP contribution < -0.4 is 10.1 Å². The maximum absolute atomic E-state index is 12.0. The minimum absolute atomic E-state index is 0.0408. The van der Waals surface area contributed by atoms with Gasteiger partial charge in [0.25, 0.3) is 5.91 Å². The Morgan fingerprint density at radius 3 is 2.48 bits per heavy atom. The highest BCUT2D eigenvalue weighted by Gasteiger charge is 2.11. The van der Waals surface area contributed by atoms with Gasteiger partial charge in [-0.3, -0.25) is 4.79 Å². The van der Waals surface area contributed by atoms with Gasteiger partial charge in [0, 0.05) is 18.5 Å². The third-order valence-corrected chi connectivity index (χ3v) is 3.66. The summed E-state index contributed by atoms with van der Waals surface area (Å²) in [5.74, 6) is -0.423. The fourth-order valence-electron chi connectivity index (χ4n) is 2.24. The van der Waals surface area contributed by atoms with Crippen molar-refractivity contribution in [1.29, 1.82) is 0 Å². The number of ether oxygens (including phenoxy) is 1. The number of aromatic nitrogens is 3. The maximum atomic E-state index is 12.0. The number of carbonyl (C=O) groups excluding carboxylic acids is 1. The van der Waals surface area contributed by atoms with Crippen LogP contribution in [-0.4, -0.2) is 45.6 Å². The molecule has 0 atom stereocenters. The van der Waals surface area contributed by atoms with Crippen LogP contribution in [0.5, 0.6) is 5.75 Å². The van der Waals surface area contributed by atoms with Crippen molar-refractivity contribution >= 4 is 11.9 Å². The van der Waals surface area contributed by atoms with Gasteiger partial charge < -0.3 is 19.6 Å². The molecule has 0 unspecified atom stereocenters. The first-order valence-electron chi connectivity index (χ1n) is 7.99. The van der Waals surface area contributed by atoms with Gasteiger partial charge in [-0.2, -0.15) is 0 Å². The number of hydrogen-bond acceptors (Lipinski definition) is 7. The van der Waals surface area contributed by atoms with E-state index in [2.05, 4.69) is 20.3 Å². The number of nitrogens with one attached hydrogen (secondary N) is 1. The summed E-state index contributed by atoms with van der Waals surface area (Å²) in [6, 6.07) is 7.32. The Bertz CT molecular complexity index is 935. The highest BCUT2D eigenvalue weighted by molar-refractivity contribution is 5.92. The number of aromatic carboxylic acids is 1. The second-order valence-corrected chi connectivity index (χ2v) is 5.47. The number of oxazole rings is 1. The van der Waals surface area contributed by atoms with Gasteiger partial charge in [0.05, 0.1) is 25.2 Å². The molecule has 0 aliphatic rings. The summed E-state index contributed by atoms with van der Waals surface area (Å²) in [6.07, 6.45) is 4.16. The molecule has 3 rings (SSSR count). The van der Waals surface area contributed by atoms with Gasteiger partial charge in [-0.05, 0) is 24.3 Å². The van der Waals surface area contributed by atoms with Crippen molar-refractivity contribution in [1.82, 2.24) is 20.3 Å². The van der Waals surface area contributed by atoms with Crippen molar-refractivity contribution in [3.8, 4) is 17.2 Å². The Morgan fingerprint density at radius 1 is 1.15 bits per heavy atom. The molecule has 2 heterocycles. The van der Waals surface area contributed by atoms with E-state index in [1.165, 1.54) is 6.26 Å². The summed E-state index contributed by atoms with van der Waals surface area (Å²) >= 11 is 0. The molecule has 2 N–H and O–H groups in total. The van der Waals surface area contributed by atoms with Crippen LogP contribution in [0.25, 0.3) is 11.5 Å². The predicted molar refractivity (Wildman–Crippen MR) is 93.5 cm³/mol. The van der Waals surface area contributed by atoms with Gasteiger partial charge in [-0.1, -0.05) is 0 Å². The molecule has 138 valence electrons. The molecule has 9 heteroatoms. The fourth-order valence-corrected chi connectivity index (χ4v) is 2.24. The summed E-state index contributed by atoms with van der Waals surface area (Å²) in [6.45, 7) is 0.315. The molecule has 0 bridgehead atoms. The van der Waals surface area contributed by atoms with Gasteiger partial charge in [0.1, 0.15) is 17.7 Å². The SMILES string of the molecule is COc1ccc(-c2nc(CCNC(=O)c3cnc(C(=O)O)cn3)co2)cc1. The van der Waals surface area contributed by atoms with E-state index in [1.807, 2.05) is 24.3 Å². The van der Waals surface area contributed by atoms with Gasteiger partial charge in [0.15, 0.2) is 5.69 Å². The predicted octanol–water partition coefficient (Wildman–Crippen LogP) is 1.81. The van der Waals surface area contributed by atoms with E-state index in [0.29, 0.717) is 24.6 Å². The van der Waals surface area contributed by atoms with Crippen LogP contribution in [0.15, 0.2) is 47.3 Å². The lowest BCUT2D eigenvalue weighted by atomic mass is 10.2. The molecule has 0 spiro atoms. The number of nitrogens with zero attached hydrogens (tertiary/aromatic N) is 3. The Labute approximate surface area is 154 Å². The molecule has 27 heavy (non-hydrogen) atoms. The topological polar surface area (TPSA) is 127 Å². The Morgan fingerprint density at radius 2 is 1.85 bits per heavy atom. The summed E-state index contributed by atoms with van der Waals surface area (Å²) in [7, 11) is 1.60. The Kier molecular flexibility index (Phi) is 5.41. The van der Waals surface area contributed by atoms with Crippen molar-refractivity contribution in [3.05, 3.63) is 60.0 Å². The average molecular weight is 368 g/mol. The largest absolute Gasteiger partial charge is 0.497 e. The van der Waals surface area contributed by atoms with Crippen LogP contribution in [0.3, 0.4) is 0 Å². The van der Waals surface area contributed by atoms with Crippen molar-refractivity contribution < 1.29 is 23.8 Å². The van der Waals surface area contributed by atoms with Crippen molar-refractivity contribution in [2.24, 2.45) is 0 Å². The first kappa shape index (κ1) is 18.1. The molecule has 2 aromatic heterocycles. The zero-order valence-electron chi connectivity index (χ0n) is 14.4. The zero-order chi connectivity index (χ0) is 19.2. The van der Waals surface area contributed by atoms with Crippen LogP contribution in [0.4, 0.5) is 0 Å². The number of carboxylic acid groups (broad SMARTS) is 1. The highest BCUT2D eigenvalue weighted by atomic mass is 16.5. The normalized spacial score (nSPS) is 10.4. The van der Waals surface area contributed by atoms with Gasteiger partial charge in [-0.25, -0.2) is 19.7 Å². The minimum Gasteiger partial charge on any atom is -0.497 e. The van der Waals surface area contributed by atoms with E-state index in [0.717, 1.165) is 23.7 Å². The molecule has 0 saturated heterocycles. The van der Waals surface area contributed by atoms with Crippen LogP contribution >= 0.6 is 0 Å². The van der Waals surface area contributed by atoms with Crippen LogP contribution in [-0.2, 0) is 6.42 Å². The number of carbonyl (C=O) groups is 2. The molecule has 9 nitrogen and oxygen atoms in total. The zero-order valence-corrected chi connectivity index (χ0v) is 14.4. The highest BCUT2D eigenvalue weighted by Crippen LogP contribution is 2.21. The molecular formula is C18H16N4O5. The maximum Gasteiger partial charge on any atom is 0.356 e. The number of rotatable bonds is 7. The van der Waals surface area contributed by atoms with Gasteiger partial charge >= 0.3 is 5.97 Å². The van der Waals surface area contributed by atoms with E-state index < -0.39 is 11.9 Å². The second kappa shape index (κ2) is 8.09. The van der Waals surface area contributed by atoms with E-state index in [9.17, 15) is 9.59 Å². The molecular weight excluding hydrogens is 352 g/mol. The number of carboxylic acids is 1. The van der Waals surface area contributed by atoms with Crippen molar-refractivity contribution in [2.45, 2.75) is 6.42 Å². The van der Waals surface area contributed by atoms with Gasteiger partial charge in [-0.15, -0.1) is 0 Å². The number of amides is 1. The van der Waals surface area contributed by atoms with E-state index in [-0.39, 0.29) is 11.4 Å². The molecule has 0 radical (unpaired) electrons. The lowest BCUT2D eigenvalue weighted by Crippen LogP contribution is -2.27. The van der Waals surface area contributed by atoms with E-state index >= 15 is 0 Å². The average Bonchev–Trinajstić information content (AvgIpc) is 3.17. The summed E-state index contributed by atoms with van der Waals surface area (Å²) < 4.78 is 10.6. The molecule has 1 aromatic carbocycles. The van der Waals surface area contributed by atoms with Crippen molar-refractivity contribution in [2.75, 3.05) is 13.7 Å². The molecule has 0 saturated carbocycles. The molecule has 0 fully saturated rings. The van der Waals surface area contributed by atoms with E-state index in [4.69, 9.17) is 14.3 Å². The van der Waals surface area contributed by atoms with Crippen LogP contribution in [0.1, 0.15) is 26.7 Å². The summed E-state index contributed by atoms with van der Waals surface area (Å²) in [5, 5.41) is 11.4. The third-order valence-electron chi connectivity index (χ3n) is 3.66. The third kappa shape index (κ3) is 4.46. The first-order chi connectivity index (χ1) is 13.1. The smallest absolute Gasteiger partial charge is 0.356 e. The first-order valence-corrected chi connectivity index (χ1v) is 7.99. The molecule has 3 aromatic rings. The van der Waals surface area contributed by atoms with Crippen LogP contribution in [0.2, 0.25) is 0 Å². The Hall–Kier alpha value is -3.75. The van der Waals surface area contributed by atoms with Crippen LogP contribution in [0, 0.1) is 0 Å². The Balaban J connectivity index is 1.53. The summed E-state index contributed by atoms with van der Waals surface area (Å²) in [5.41, 5.74) is 1.33. The lowest BCUT2D eigenvalue weighted by Gasteiger charge is -2.03. The number of methoxy groups -OCH3 is 1. The van der Waals surface area contributed by atoms with Gasteiger partial charge in [0.2, 0.25) is 5.89 Å². The number of benzene rings is 1. The summed E-state index contributed by atoms with van der Waals surface area (Å²) in [4.78, 5) is 34.5. The minimum atomic E-state index is -1.20.